The number of thiazole rings is 1. The Labute approximate surface area is 192 Å². The van der Waals surface area contributed by atoms with Gasteiger partial charge in [-0.3, -0.25) is 14.6 Å². The fraction of sp³-hybridized carbons (Fsp3) is 0.308. The molecule has 6 heteroatoms. The monoisotopic (exact) mass is 445 g/mol. The fourth-order valence-corrected chi connectivity index (χ4v) is 5.26. The smallest absolute Gasteiger partial charge is 0.260 e. The van der Waals surface area contributed by atoms with Crippen molar-refractivity contribution in [2.24, 2.45) is 0 Å². The number of para-hydroxylation sites is 1. The van der Waals surface area contributed by atoms with Crippen LogP contribution in [0.4, 0.5) is 5.13 Å². The molecule has 0 bridgehead atoms. The van der Waals surface area contributed by atoms with E-state index < -0.39 is 0 Å². The number of morpholine rings is 1. The minimum atomic E-state index is 0.00103. The quantitative estimate of drug-likeness (QED) is 0.419. The fourth-order valence-electron chi connectivity index (χ4n) is 4.22. The van der Waals surface area contributed by atoms with Crippen LogP contribution in [0.3, 0.4) is 0 Å². The first-order valence-corrected chi connectivity index (χ1v) is 12.0. The number of ether oxygens (including phenoxy) is 1. The van der Waals surface area contributed by atoms with E-state index >= 15 is 0 Å². The first-order chi connectivity index (χ1) is 15.7. The van der Waals surface area contributed by atoms with E-state index in [0.717, 1.165) is 65.4 Å². The van der Waals surface area contributed by atoms with E-state index in [9.17, 15) is 4.79 Å². The van der Waals surface area contributed by atoms with Crippen LogP contribution in [-0.4, -0.2) is 55.2 Å². The first-order valence-electron chi connectivity index (χ1n) is 11.2. The van der Waals surface area contributed by atoms with E-state index in [2.05, 4.69) is 42.2 Å². The van der Waals surface area contributed by atoms with Gasteiger partial charge in [-0.15, -0.1) is 0 Å². The Hall–Kier alpha value is -2.80. The minimum absolute atomic E-state index is 0.00103. The Morgan fingerprint density at radius 3 is 2.69 bits per heavy atom. The molecular weight excluding hydrogens is 418 g/mol. The number of rotatable bonds is 6. The molecule has 1 aliphatic heterocycles. The molecular formula is C26H27N3O2S. The Morgan fingerprint density at radius 2 is 1.88 bits per heavy atom. The van der Waals surface area contributed by atoms with Crippen LogP contribution in [0.2, 0.25) is 0 Å². The number of aryl methyl sites for hydroxylation is 1. The Bertz CT molecular complexity index is 1250. The van der Waals surface area contributed by atoms with Gasteiger partial charge in [-0.05, 0) is 41.0 Å². The summed E-state index contributed by atoms with van der Waals surface area (Å²) in [5.41, 5.74) is 2.93. The summed E-state index contributed by atoms with van der Waals surface area (Å²) >= 11 is 1.60. The molecule has 0 spiro atoms. The summed E-state index contributed by atoms with van der Waals surface area (Å²) in [5, 5.41) is 2.98. The van der Waals surface area contributed by atoms with Crippen LogP contribution in [0, 0.1) is 0 Å². The van der Waals surface area contributed by atoms with Gasteiger partial charge < -0.3 is 4.74 Å². The molecule has 0 unspecified atom stereocenters. The van der Waals surface area contributed by atoms with Gasteiger partial charge in [0.05, 0.1) is 23.4 Å². The number of anilines is 1. The summed E-state index contributed by atoms with van der Waals surface area (Å²) in [6, 6.07) is 20.4. The van der Waals surface area contributed by atoms with Gasteiger partial charge in [-0.1, -0.05) is 60.7 Å². The van der Waals surface area contributed by atoms with E-state index in [1.54, 1.807) is 11.3 Å². The molecule has 1 saturated heterocycles. The summed E-state index contributed by atoms with van der Waals surface area (Å²) in [4.78, 5) is 22.9. The van der Waals surface area contributed by atoms with Crippen LogP contribution in [0.15, 0.2) is 60.7 Å². The molecule has 1 fully saturated rings. The first kappa shape index (κ1) is 21.1. The zero-order chi connectivity index (χ0) is 21.9. The van der Waals surface area contributed by atoms with Crippen molar-refractivity contribution in [2.75, 3.05) is 44.3 Å². The van der Waals surface area contributed by atoms with Crippen molar-refractivity contribution in [2.45, 2.75) is 13.3 Å². The van der Waals surface area contributed by atoms with Crippen molar-refractivity contribution >= 4 is 43.4 Å². The molecule has 164 valence electrons. The highest BCUT2D eigenvalue weighted by atomic mass is 32.1. The zero-order valence-corrected chi connectivity index (χ0v) is 19.1. The Morgan fingerprint density at radius 1 is 1.06 bits per heavy atom. The van der Waals surface area contributed by atoms with Gasteiger partial charge in [-0.2, -0.15) is 0 Å². The molecule has 0 atom stereocenters. The van der Waals surface area contributed by atoms with Gasteiger partial charge in [-0.25, -0.2) is 4.98 Å². The number of aromatic nitrogens is 1. The highest BCUT2D eigenvalue weighted by molar-refractivity contribution is 7.22. The number of benzene rings is 3. The highest BCUT2D eigenvalue weighted by Crippen LogP contribution is 2.32. The lowest BCUT2D eigenvalue weighted by atomic mass is 10.1. The molecule has 0 N–H and O–H groups in total. The number of fused-ring (bicyclic) bond motifs is 2. The maximum Gasteiger partial charge on any atom is 0.260 e. The number of carbonyl (C=O) groups is 1. The van der Waals surface area contributed by atoms with Crippen molar-refractivity contribution < 1.29 is 9.53 Å². The molecule has 1 aliphatic rings. The van der Waals surface area contributed by atoms with E-state index in [1.165, 1.54) is 5.56 Å². The van der Waals surface area contributed by atoms with Crippen molar-refractivity contribution in [1.29, 1.82) is 0 Å². The van der Waals surface area contributed by atoms with Crippen molar-refractivity contribution in [3.8, 4) is 0 Å². The average Bonchev–Trinajstić information content (AvgIpc) is 3.28. The predicted molar refractivity (Wildman–Crippen MR) is 132 cm³/mol. The van der Waals surface area contributed by atoms with Gasteiger partial charge >= 0.3 is 0 Å². The SMILES string of the molecule is CCc1cccc2sc(N(CCN3CCOCC3)C(=O)c3ccc4ccccc4c3)nc12. The molecule has 0 radical (unpaired) electrons. The second-order valence-electron chi connectivity index (χ2n) is 8.09. The van der Waals surface area contributed by atoms with Gasteiger partial charge in [0.2, 0.25) is 0 Å². The largest absolute Gasteiger partial charge is 0.379 e. The lowest BCUT2D eigenvalue weighted by molar-refractivity contribution is 0.0391. The van der Waals surface area contributed by atoms with Crippen molar-refractivity contribution in [3.63, 3.8) is 0 Å². The van der Waals surface area contributed by atoms with Gasteiger partial charge in [0, 0.05) is 31.7 Å². The lowest BCUT2D eigenvalue weighted by Gasteiger charge is -2.29. The normalized spacial score (nSPS) is 14.8. The molecule has 5 nitrogen and oxygen atoms in total. The number of amides is 1. The van der Waals surface area contributed by atoms with E-state index in [4.69, 9.17) is 9.72 Å². The number of hydrogen-bond donors (Lipinski definition) is 0. The zero-order valence-electron chi connectivity index (χ0n) is 18.3. The number of carbonyl (C=O) groups excluding carboxylic acids is 1. The third-order valence-electron chi connectivity index (χ3n) is 6.09. The summed E-state index contributed by atoms with van der Waals surface area (Å²) in [5.74, 6) is 0.00103. The highest BCUT2D eigenvalue weighted by Gasteiger charge is 2.23. The average molecular weight is 446 g/mol. The summed E-state index contributed by atoms with van der Waals surface area (Å²) in [7, 11) is 0. The second-order valence-corrected chi connectivity index (χ2v) is 9.10. The third-order valence-corrected chi connectivity index (χ3v) is 7.13. The summed E-state index contributed by atoms with van der Waals surface area (Å²) < 4.78 is 6.61. The van der Waals surface area contributed by atoms with Crippen LogP contribution in [0.1, 0.15) is 22.8 Å². The maximum absolute atomic E-state index is 13.7. The van der Waals surface area contributed by atoms with Crippen LogP contribution < -0.4 is 4.90 Å². The summed E-state index contributed by atoms with van der Waals surface area (Å²) in [6.45, 7) is 6.85. The molecule has 0 saturated carbocycles. The molecule has 1 aromatic heterocycles. The second kappa shape index (κ2) is 9.36. The number of nitrogens with zero attached hydrogens (tertiary/aromatic N) is 3. The van der Waals surface area contributed by atoms with Crippen LogP contribution in [0.25, 0.3) is 21.0 Å². The molecule has 1 amide bonds. The Kier molecular flexibility index (Phi) is 6.17. The molecule has 3 aromatic carbocycles. The molecule has 32 heavy (non-hydrogen) atoms. The van der Waals surface area contributed by atoms with E-state index in [-0.39, 0.29) is 5.91 Å². The van der Waals surface area contributed by atoms with E-state index in [0.29, 0.717) is 12.1 Å². The van der Waals surface area contributed by atoms with Gasteiger partial charge in [0.25, 0.3) is 5.91 Å². The van der Waals surface area contributed by atoms with Crippen LogP contribution in [-0.2, 0) is 11.2 Å². The molecule has 5 rings (SSSR count). The third kappa shape index (κ3) is 4.26. The minimum Gasteiger partial charge on any atom is -0.379 e. The molecule has 0 aliphatic carbocycles. The molecule has 4 aromatic rings. The van der Waals surface area contributed by atoms with Crippen LogP contribution in [0.5, 0.6) is 0 Å². The molecule has 2 heterocycles. The predicted octanol–water partition coefficient (Wildman–Crippen LogP) is 4.99. The maximum atomic E-state index is 13.7. The summed E-state index contributed by atoms with van der Waals surface area (Å²) in [6.07, 6.45) is 0.924. The van der Waals surface area contributed by atoms with Crippen molar-refractivity contribution in [3.05, 3.63) is 71.8 Å². The van der Waals surface area contributed by atoms with Crippen LogP contribution >= 0.6 is 11.3 Å². The standard InChI is InChI=1S/C26H27N3O2S/c1-2-19-8-5-9-23-24(19)27-26(32-23)29(13-12-28-14-16-31-17-15-28)25(30)22-11-10-20-6-3-4-7-21(20)18-22/h3-11,18H,2,12-17H2,1H3. The van der Waals surface area contributed by atoms with Gasteiger partial charge in [0.1, 0.15) is 0 Å². The van der Waals surface area contributed by atoms with E-state index in [1.807, 2.05) is 35.2 Å². The lowest BCUT2D eigenvalue weighted by Crippen LogP contribution is -2.43. The Balaban J connectivity index is 1.50. The van der Waals surface area contributed by atoms with Crippen molar-refractivity contribution in [1.82, 2.24) is 9.88 Å². The van der Waals surface area contributed by atoms with Gasteiger partial charge in [0.15, 0.2) is 5.13 Å². The topological polar surface area (TPSA) is 45.7 Å². The number of hydrogen-bond acceptors (Lipinski definition) is 5.